The molecular weight excluding hydrogens is 719 g/mol. The Bertz CT molecular complexity index is 1730. The number of phenols is 2. The highest BCUT2D eigenvalue weighted by molar-refractivity contribution is 6.63. The lowest BCUT2D eigenvalue weighted by molar-refractivity contribution is -0.288. The van der Waals surface area contributed by atoms with E-state index in [-0.39, 0.29) is 33.8 Å². The molecule has 2 aliphatic carbocycles. The van der Waals surface area contributed by atoms with Crippen molar-refractivity contribution in [2.75, 3.05) is 0 Å². The molecule has 9 nitrogen and oxygen atoms in total. The first-order valence-corrected chi connectivity index (χ1v) is 18.7. The maximum absolute atomic E-state index is 14.4. The number of ketones is 4. The molecule has 3 N–H and O–H groups in total. The Hall–Kier alpha value is -2.33. The zero-order chi connectivity index (χ0) is 39.5. The number of carbonyl (C=O) groups excluding carboxylic acids is 4. The number of ether oxygens (including phenoxy) is 2. The van der Waals surface area contributed by atoms with Gasteiger partial charge in [0.15, 0.2) is 27.4 Å². The summed E-state index contributed by atoms with van der Waals surface area (Å²) in [7, 11) is 0. The molecule has 0 radical (unpaired) electrons. The molecule has 12 heteroatoms. The van der Waals surface area contributed by atoms with Crippen molar-refractivity contribution in [2.45, 2.75) is 131 Å². The monoisotopic (exact) mass is 770 g/mol. The van der Waals surface area contributed by atoms with Crippen molar-refractivity contribution in [1.29, 1.82) is 0 Å². The zero-order valence-electron chi connectivity index (χ0n) is 32.1. The van der Waals surface area contributed by atoms with Crippen molar-refractivity contribution in [3.63, 3.8) is 0 Å². The molecule has 284 valence electrons. The molecular formula is C39H53Cl3O9. The Kier molecular flexibility index (Phi) is 10.3. The number of allylic oxidation sites excluding steroid dienone is 2. The van der Waals surface area contributed by atoms with Crippen molar-refractivity contribution in [3.8, 4) is 17.2 Å². The number of alkyl halides is 3. The maximum atomic E-state index is 14.4. The van der Waals surface area contributed by atoms with E-state index < -0.39 is 102 Å². The third kappa shape index (κ3) is 5.82. The number of aliphatic hydroxyl groups is 1. The normalized spacial score (nSPS) is 28.6. The minimum absolute atomic E-state index is 0.0263. The van der Waals surface area contributed by atoms with Crippen LogP contribution in [0.3, 0.4) is 0 Å². The maximum Gasteiger partial charge on any atom is 0.226 e. The lowest BCUT2D eigenvalue weighted by Gasteiger charge is -2.60. The van der Waals surface area contributed by atoms with Crippen molar-refractivity contribution in [3.05, 3.63) is 28.0 Å². The third-order valence-corrected chi connectivity index (χ3v) is 11.7. The second kappa shape index (κ2) is 12.6. The van der Waals surface area contributed by atoms with E-state index in [4.69, 9.17) is 44.3 Å². The Balaban J connectivity index is 0.00000138. The number of benzene rings is 1. The number of halogens is 3. The number of rotatable bonds is 5. The van der Waals surface area contributed by atoms with Gasteiger partial charge in [0, 0.05) is 45.8 Å². The van der Waals surface area contributed by atoms with Crippen LogP contribution in [0.2, 0.25) is 0 Å². The van der Waals surface area contributed by atoms with Crippen LogP contribution in [0.4, 0.5) is 0 Å². The highest BCUT2D eigenvalue weighted by Crippen LogP contribution is 2.72. The average Bonchev–Trinajstić information content (AvgIpc) is 3.27. The van der Waals surface area contributed by atoms with Crippen LogP contribution in [0.25, 0.3) is 0 Å². The standard InChI is InChI=1S/C38H52O9.CHCl3/c1-16(2)19(21-29(42)35(9,10)31(44)36(11,12)30(21)43)20-26(40)22-24-18-15-33(5,6)47-38(18,37(13,14)32(45)34(24,7)8)46-28(22)23(27(20)41)25(39)17(3)4;2-1(3)4/h16-19,24,40-42H,15H2,1-14H3;1H/t18-,19+,24-,38+;/m1./s1. The molecule has 4 atom stereocenters. The molecule has 1 saturated carbocycles. The number of phenolic OH excluding ortho intramolecular Hbond substituents is 2. The van der Waals surface area contributed by atoms with Crippen molar-refractivity contribution in [2.24, 2.45) is 39.4 Å². The molecule has 0 spiro atoms. The Morgan fingerprint density at radius 3 is 1.78 bits per heavy atom. The first-order chi connectivity index (χ1) is 22.9. The average molecular weight is 772 g/mol. The summed E-state index contributed by atoms with van der Waals surface area (Å²) >= 11 is 14.4. The lowest BCUT2D eigenvalue weighted by atomic mass is 9.48. The molecule has 0 unspecified atom stereocenters. The quantitative estimate of drug-likeness (QED) is 0.151. The number of aromatic hydroxyl groups is 2. The highest BCUT2D eigenvalue weighted by atomic mass is 35.6. The zero-order valence-corrected chi connectivity index (χ0v) is 34.4. The molecule has 0 aromatic heterocycles. The lowest BCUT2D eigenvalue weighted by Crippen LogP contribution is -2.69. The van der Waals surface area contributed by atoms with Gasteiger partial charge >= 0.3 is 0 Å². The summed E-state index contributed by atoms with van der Waals surface area (Å²) in [6.45, 7) is 24.1. The van der Waals surface area contributed by atoms with E-state index in [2.05, 4.69) is 0 Å². The van der Waals surface area contributed by atoms with Crippen molar-refractivity contribution in [1.82, 2.24) is 0 Å². The van der Waals surface area contributed by atoms with Gasteiger partial charge in [-0.1, -0.05) is 76.3 Å². The van der Waals surface area contributed by atoms with Crippen LogP contribution in [0, 0.1) is 39.4 Å². The predicted octanol–water partition coefficient (Wildman–Crippen LogP) is 9.30. The van der Waals surface area contributed by atoms with Crippen LogP contribution in [0.15, 0.2) is 11.3 Å². The van der Waals surface area contributed by atoms with Crippen LogP contribution in [-0.2, 0) is 19.1 Å². The van der Waals surface area contributed by atoms with Crippen LogP contribution < -0.4 is 4.74 Å². The van der Waals surface area contributed by atoms with E-state index >= 15 is 0 Å². The van der Waals surface area contributed by atoms with E-state index in [0.717, 1.165) is 0 Å². The van der Waals surface area contributed by atoms with E-state index in [9.17, 15) is 34.5 Å². The number of Topliss-reactive ketones (excluding diaryl/α,β-unsaturated/α-hetero) is 4. The fourth-order valence-corrected chi connectivity index (χ4v) is 9.49. The molecule has 2 heterocycles. The predicted molar refractivity (Wildman–Crippen MR) is 197 cm³/mol. The Morgan fingerprint density at radius 2 is 1.31 bits per heavy atom. The molecule has 51 heavy (non-hydrogen) atoms. The topological polar surface area (TPSA) is 147 Å². The van der Waals surface area contributed by atoms with Gasteiger partial charge in [0.1, 0.15) is 28.6 Å². The van der Waals surface area contributed by atoms with E-state index in [1.165, 1.54) is 13.8 Å². The highest BCUT2D eigenvalue weighted by Gasteiger charge is 2.76. The van der Waals surface area contributed by atoms with Crippen molar-refractivity contribution < 1.29 is 44.0 Å². The van der Waals surface area contributed by atoms with Gasteiger partial charge in [-0.2, -0.15) is 0 Å². The number of aliphatic hydroxyl groups excluding tert-OH is 1. The fraction of sp³-hybridized carbons (Fsp3) is 0.692. The number of hydrogen-bond acceptors (Lipinski definition) is 9. The molecule has 1 aromatic rings. The molecule has 2 aliphatic heterocycles. The van der Waals surface area contributed by atoms with Gasteiger partial charge in [0.05, 0.1) is 21.8 Å². The van der Waals surface area contributed by atoms with Crippen LogP contribution in [0.1, 0.15) is 137 Å². The van der Waals surface area contributed by atoms with Gasteiger partial charge in [-0.25, -0.2) is 0 Å². The Morgan fingerprint density at radius 1 is 0.804 bits per heavy atom. The van der Waals surface area contributed by atoms with Gasteiger partial charge in [-0.05, 0) is 67.7 Å². The fourth-order valence-electron chi connectivity index (χ4n) is 9.49. The third-order valence-electron chi connectivity index (χ3n) is 11.7. The summed E-state index contributed by atoms with van der Waals surface area (Å²) in [6, 6.07) is 0. The summed E-state index contributed by atoms with van der Waals surface area (Å²) in [5, 5.41) is 36.4. The molecule has 0 amide bonds. The van der Waals surface area contributed by atoms with E-state index in [1.807, 2.05) is 27.7 Å². The first-order valence-electron chi connectivity index (χ1n) is 17.4. The summed E-state index contributed by atoms with van der Waals surface area (Å²) in [5.41, 5.74) is -6.07. The number of carbonyl (C=O) groups is 4. The second-order valence-corrected chi connectivity index (χ2v) is 20.0. The second-order valence-electron chi connectivity index (χ2n) is 18.0. The smallest absolute Gasteiger partial charge is 0.226 e. The molecule has 4 aliphatic rings. The molecule has 2 fully saturated rings. The van der Waals surface area contributed by atoms with Crippen LogP contribution >= 0.6 is 34.8 Å². The Labute approximate surface area is 316 Å². The minimum Gasteiger partial charge on any atom is -0.511 e. The summed E-state index contributed by atoms with van der Waals surface area (Å²) in [6.07, 6.45) is 0.489. The number of hydrogen-bond donors (Lipinski definition) is 3. The van der Waals surface area contributed by atoms with Gasteiger partial charge in [0.25, 0.3) is 0 Å². The largest absolute Gasteiger partial charge is 0.511 e. The van der Waals surface area contributed by atoms with Gasteiger partial charge in [0.2, 0.25) is 5.79 Å². The van der Waals surface area contributed by atoms with Crippen LogP contribution in [0.5, 0.6) is 17.2 Å². The summed E-state index contributed by atoms with van der Waals surface area (Å²) in [4.78, 5) is 56.2. The van der Waals surface area contributed by atoms with E-state index in [1.54, 1.807) is 55.4 Å². The molecule has 1 saturated heterocycles. The minimum atomic E-state index is -1.51. The number of fused-ring (bicyclic) bond motifs is 2. The summed E-state index contributed by atoms with van der Waals surface area (Å²) < 4.78 is 12.7. The van der Waals surface area contributed by atoms with Crippen LogP contribution in [-0.4, -0.2) is 54.1 Å². The van der Waals surface area contributed by atoms with Gasteiger partial charge in [-0.15, -0.1) is 0 Å². The first kappa shape index (κ1) is 41.4. The van der Waals surface area contributed by atoms with Gasteiger partial charge in [-0.3, -0.25) is 19.2 Å². The van der Waals surface area contributed by atoms with E-state index in [0.29, 0.717) is 6.42 Å². The molecule has 2 bridgehead atoms. The van der Waals surface area contributed by atoms with Gasteiger partial charge < -0.3 is 24.8 Å². The summed E-state index contributed by atoms with van der Waals surface area (Å²) in [5.74, 6) is -7.94. The SMILES string of the molecule is CC(C)C(=O)c1c(O)c([C@@H](C2=C(O)C(C)(C)C(=O)C(C)(C)C2=O)C(C)C)c(O)c2c1O[C@]13OC(C)(C)C[C@@H]1[C@H]2C(C)(C)C(=O)C3(C)C.ClC(Cl)Cl. The molecule has 1 aromatic carbocycles. The molecule has 5 rings (SSSR count). The van der Waals surface area contributed by atoms with Crippen molar-refractivity contribution >= 4 is 57.9 Å².